The standard InChI is InChI=1S/C22H33N3O3/c1-4-7-13-24(6-3)22(28)17-9-11-19(12-10-17)23-21(27)18-15-20(26)25(16-18)14-8-5-2/h9-12,18H,4-8,13-16H2,1-3H3,(H,23,27). The van der Waals surface area contributed by atoms with Crippen LogP contribution in [0.4, 0.5) is 5.69 Å². The fraction of sp³-hybridized carbons (Fsp3) is 0.591. The summed E-state index contributed by atoms with van der Waals surface area (Å²) >= 11 is 0. The van der Waals surface area contributed by atoms with E-state index in [2.05, 4.69) is 19.2 Å². The minimum Gasteiger partial charge on any atom is -0.342 e. The zero-order chi connectivity index (χ0) is 20.5. The Balaban J connectivity index is 1.92. The van der Waals surface area contributed by atoms with E-state index < -0.39 is 0 Å². The minimum absolute atomic E-state index is 0.0155. The molecule has 0 aliphatic carbocycles. The van der Waals surface area contributed by atoms with Crippen molar-refractivity contribution in [3.63, 3.8) is 0 Å². The highest BCUT2D eigenvalue weighted by atomic mass is 16.2. The molecule has 1 aliphatic heterocycles. The van der Waals surface area contributed by atoms with Crippen LogP contribution < -0.4 is 5.32 Å². The van der Waals surface area contributed by atoms with Crippen molar-refractivity contribution in [1.29, 1.82) is 0 Å². The van der Waals surface area contributed by atoms with E-state index in [0.717, 1.165) is 38.8 Å². The summed E-state index contributed by atoms with van der Waals surface area (Å²) in [7, 11) is 0. The number of hydrogen-bond donors (Lipinski definition) is 1. The molecule has 1 aliphatic rings. The van der Waals surface area contributed by atoms with Gasteiger partial charge in [-0.15, -0.1) is 0 Å². The fourth-order valence-corrected chi connectivity index (χ4v) is 3.39. The molecule has 0 bridgehead atoms. The zero-order valence-corrected chi connectivity index (χ0v) is 17.4. The predicted molar refractivity (Wildman–Crippen MR) is 111 cm³/mol. The quantitative estimate of drug-likeness (QED) is 0.668. The lowest BCUT2D eigenvalue weighted by molar-refractivity contribution is -0.128. The number of nitrogens with zero attached hydrogens (tertiary/aromatic N) is 2. The molecule has 6 heteroatoms. The van der Waals surface area contributed by atoms with Crippen LogP contribution in [0.5, 0.6) is 0 Å². The van der Waals surface area contributed by atoms with Gasteiger partial charge in [-0.25, -0.2) is 0 Å². The van der Waals surface area contributed by atoms with Gasteiger partial charge in [-0.3, -0.25) is 14.4 Å². The highest BCUT2D eigenvalue weighted by molar-refractivity contribution is 5.98. The van der Waals surface area contributed by atoms with E-state index in [1.165, 1.54) is 0 Å². The average molecular weight is 388 g/mol. The van der Waals surface area contributed by atoms with Gasteiger partial charge in [0.05, 0.1) is 5.92 Å². The molecule has 1 atom stereocenters. The number of carbonyl (C=O) groups is 3. The summed E-state index contributed by atoms with van der Waals surface area (Å²) < 4.78 is 0. The number of amides is 3. The molecule has 154 valence electrons. The van der Waals surface area contributed by atoms with Crippen LogP contribution in [0.25, 0.3) is 0 Å². The van der Waals surface area contributed by atoms with Crippen molar-refractivity contribution >= 4 is 23.4 Å². The van der Waals surface area contributed by atoms with Gasteiger partial charge in [0, 0.05) is 43.9 Å². The summed E-state index contributed by atoms with van der Waals surface area (Å²) in [4.78, 5) is 40.7. The van der Waals surface area contributed by atoms with Gasteiger partial charge in [0.15, 0.2) is 0 Å². The molecule has 2 rings (SSSR count). The number of hydrogen-bond acceptors (Lipinski definition) is 3. The van der Waals surface area contributed by atoms with Gasteiger partial charge in [-0.1, -0.05) is 26.7 Å². The second kappa shape index (κ2) is 10.8. The number of carbonyl (C=O) groups excluding carboxylic acids is 3. The summed E-state index contributed by atoms with van der Waals surface area (Å²) in [5, 5.41) is 2.88. The topological polar surface area (TPSA) is 69.7 Å². The Morgan fingerprint density at radius 2 is 1.79 bits per heavy atom. The van der Waals surface area contributed by atoms with Gasteiger partial charge >= 0.3 is 0 Å². The van der Waals surface area contributed by atoms with E-state index in [9.17, 15) is 14.4 Å². The number of nitrogens with one attached hydrogen (secondary N) is 1. The fourth-order valence-electron chi connectivity index (χ4n) is 3.39. The van der Waals surface area contributed by atoms with Crippen LogP contribution in [0.15, 0.2) is 24.3 Å². The lowest BCUT2D eigenvalue weighted by Crippen LogP contribution is -2.31. The van der Waals surface area contributed by atoms with Gasteiger partial charge in [-0.2, -0.15) is 0 Å². The van der Waals surface area contributed by atoms with Crippen molar-refractivity contribution in [3.8, 4) is 0 Å². The molecule has 0 aromatic heterocycles. The SMILES string of the molecule is CCCCN1CC(C(=O)Nc2ccc(C(=O)N(CC)CCCC)cc2)CC1=O. The van der Waals surface area contributed by atoms with Crippen molar-refractivity contribution in [3.05, 3.63) is 29.8 Å². The third kappa shape index (κ3) is 5.81. The van der Waals surface area contributed by atoms with E-state index in [1.807, 2.05) is 11.8 Å². The maximum Gasteiger partial charge on any atom is 0.253 e. The summed E-state index contributed by atoms with van der Waals surface area (Å²) in [6.45, 7) is 8.83. The molecule has 0 spiro atoms. The van der Waals surface area contributed by atoms with Crippen molar-refractivity contribution in [2.75, 3.05) is 31.5 Å². The Labute approximate surface area is 168 Å². The molecular formula is C22H33N3O3. The van der Waals surface area contributed by atoms with Crippen molar-refractivity contribution < 1.29 is 14.4 Å². The van der Waals surface area contributed by atoms with Crippen LogP contribution in [0.1, 0.15) is 63.2 Å². The Morgan fingerprint density at radius 1 is 1.11 bits per heavy atom. The van der Waals surface area contributed by atoms with Crippen LogP contribution in [-0.2, 0) is 9.59 Å². The highest BCUT2D eigenvalue weighted by Gasteiger charge is 2.33. The van der Waals surface area contributed by atoms with Gasteiger partial charge in [0.25, 0.3) is 5.91 Å². The first kappa shape index (κ1) is 21.9. The van der Waals surface area contributed by atoms with Crippen LogP contribution in [0, 0.1) is 5.92 Å². The Hall–Kier alpha value is -2.37. The molecule has 1 aromatic rings. The highest BCUT2D eigenvalue weighted by Crippen LogP contribution is 2.21. The summed E-state index contributed by atoms with van der Waals surface area (Å²) in [5.41, 5.74) is 1.27. The van der Waals surface area contributed by atoms with Crippen LogP contribution in [0.3, 0.4) is 0 Å². The first-order chi connectivity index (χ1) is 13.5. The molecule has 1 aromatic carbocycles. The summed E-state index contributed by atoms with van der Waals surface area (Å²) in [6.07, 6.45) is 4.30. The van der Waals surface area contributed by atoms with Crippen LogP contribution in [-0.4, -0.2) is 53.7 Å². The first-order valence-electron chi connectivity index (χ1n) is 10.5. The minimum atomic E-state index is -0.310. The Bertz CT molecular complexity index is 672. The molecule has 1 unspecified atom stereocenters. The van der Waals surface area contributed by atoms with E-state index in [0.29, 0.717) is 24.3 Å². The zero-order valence-electron chi connectivity index (χ0n) is 17.4. The maximum absolute atomic E-state index is 12.6. The molecule has 0 saturated carbocycles. The third-order valence-corrected chi connectivity index (χ3v) is 5.22. The molecule has 28 heavy (non-hydrogen) atoms. The molecule has 3 amide bonds. The van der Waals surface area contributed by atoms with Gasteiger partial charge in [0.1, 0.15) is 0 Å². The van der Waals surface area contributed by atoms with Gasteiger partial charge in [0.2, 0.25) is 11.8 Å². The Kier molecular flexibility index (Phi) is 8.48. The number of benzene rings is 1. The second-order valence-electron chi connectivity index (χ2n) is 7.40. The van der Waals surface area contributed by atoms with E-state index in [4.69, 9.17) is 0 Å². The maximum atomic E-state index is 12.6. The largest absolute Gasteiger partial charge is 0.342 e. The summed E-state index contributed by atoms with van der Waals surface area (Å²) in [6, 6.07) is 7.01. The molecule has 1 saturated heterocycles. The number of likely N-dealkylation sites (tertiary alicyclic amines) is 1. The monoisotopic (exact) mass is 387 g/mol. The first-order valence-corrected chi connectivity index (χ1v) is 10.5. The van der Waals surface area contributed by atoms with E-state index in [-0.39, 0.29) is 30.1 Å². The molecular weight excluding hydrogens is 354 g/mol. The van der Waals surface area contributed by atoms with Crippen molar-refractivity contribution in [2.45, 2.75) is 52.9 Å². The van der Waals surface area contributed by atoms with Crippen LogP contribution >= 0.6 is 0 Å². The second-order valence-corrected chi connectivity index (χ2v) is 7.40. The van der Waals surface area contributed by atoms with Gasteiger partial charge in [-0.05, 0) is 44.0 Å². The normalized spacial score (nSPS) is 16.3. The molecule has 1 fully saturated rings. The Morgan fingerprint density at radius 3 is 2.39 bits per heavy atom. The average Bonchev–Trinajstić information content (AvgIpc) is 3.08. The van der Waals surface area contributed by atoms with E-state index in [1.54, 1.807) is 29.2 Å². The van der Waals surface area contributed by atoms with Crippen molar-refractivity contribution in [2.24, 2.45) is 5.92 Å². The number of anilines is 1. The smallest absolute Gasteiger partial charge is 0.253 e. The molecule has 0 radical (unpaired) electrons. The summed E-state index contributed by atoms with van der Waals surface area (Å²) in [5.74, 6) is -0.372. The molecule has 1 heterocycles. The van der Waals surface area contributed by atoms with Crippen LogP contribution in [0.2, 0.25) is 0 Å². The molecule has 6 nitrogen and oxygen atoms in total. The third-order valence-electron chi connectivity index (χ3n) is 5.22. The number of unbranched alkanes of at least 4 members (excludes halogenated alkanes) is 2. The lowest BCUT2D eigenvalue weighted by atomic mass is 10.1. The van der Waals surface area contributed by atoms with E-state index >= 15 is 0 Å². The van der Waals surface area contributed by atoms with Gasteiger partial charge < -0.3 is 15.1 Å². The van der Waals surface area contributed by atoms with Crippen molar-refractivity contribution in [1.82, 2.24) is 9.80 Å². The molecule has 1 N–H and O–H groups in total. The predicted octanol–water partition coefficient (Wildman–Crippen LogP) is 3.54. The number of rotatable bonds is 10. The lowest BCUT2D eigenvalue weighted by Gasteiger charge is -2.20.